The van der Waals surface area contributed by atoms with E-state index < -0.39 is 5.97 Å². The quantitative estimate of drug-likeness (QED) is 0.653. The fourth-order valence-corrected chi connectivity index (χ4v) is 3.17. The average Bonchev–Trinajstić information content (AvgIpc) is 3.30. The van der Waals surface area contributed by atoms with Crippen molar-refractivity contribution in [3.05, 3.63) is 35.3 Å². The SMILES string of the molecule is C[C@@H](NC(=O)COC(=O)/C=C/c1nc2ccccc2s1)C1CC1. The summed E-state index contributed by atoms with van der Waals surface area (Å²) in [6.45, 7) is 1.73. The molecule has 1 saturated carbocycles. The van der Waals surface area contributed by atoms with Crippen LogP contribution < -0.4 is 5.32 Å². The maximum atomic E-state index is 11.7. The van der Waals surface area contributed by atoms with E-state index in [0.717, 1.165) is 28.1 Å². The first-order valence-corrected chi connectivity index (χ1v) is 8.43. The van der Waals surface area contributed by atoms with Crippen LogP contribution in [0.5, 0.6) is 0 Å². The molecule has 0 spiro atoms. The van der Waals surface area contributed by atoms with Gasteiger partial charge in [0, 0.05) is 12.1 Å². The molecule has 3 rings (SSSR count). The lowest BCUT2D eigenvalue weighted by molar-refractivity contribution is -0.144. The second-order valence-corrected chi connectivity index (χ2v) is 6.72. The van der Waals surface area contributed by atoms with Gasteiger partial charge >= 0.3 is 5.97 Å². The Kier molecular flexibility index (Phi) is 4.71. The molecule has 0 saturated heterocycles. The molecule has 1 aromatic carbocycles. The fraction of sp³-hybridized carbons (Fsp3) is 0.353. The van der Waals surface area contributed by atoms with Crippen LogP contribution in [-0.4, -0.2) is 29.5 Å². The Labute approximate surface area is 138 Å². The smallest absolute Gasteiger partial charge is 0.331 e. The molecule has 1 atom stereocenters. The first kappa shape index (κ1) is 15.7. The molecule has 1 amide bonds. The van der Waals surface area contributed by atoms with E-state index in [1.807, 2.05) is 31.2 Å². The molecule has 1 N–H and O–H groups in total. The van der Waals surface area contributed by atoms with Gasteiger partial charge in [0.1, 0.15) is 5.01 Å². The minimum Gasteiger partial charge on any atom is -0.452 e. The number of rotatable bonds is 6. The number of thiazole rings is 1. The molecule has 1 heterocycles. The largest absolute Gasteiger partial charge is 0.452 e. The Hall–Kier alpha value is -2.21. The lowest BCUT2D eigenvalue weighted by atomic mass is 10.2. The number of carbonyl (C=O) groups is 2. The van der Waals surface area contributed by atoms with Crippen molar-refractivity contribution in [1.29, 1.82) is 0 Å². The van der Waals surface area contributed by atoms with E-state index in [9.17, 15) is 9.59 Å². The number of carbonyl (C=O) groups excluding carboxylic acids is 2. The number of ether oxygens (including phenoxy) is 1. The predicted molar refractivity (Wildman–Crippen MR) is 89.9 cm³/mol. The molecule has 5 nitrogen and oxygen atoms in total. The van der Waals surface area contributed by atoms with Crippen molar-refractivity contribution in [3.63, 3.8) is 0 Å². The van der Waals surface area contributed by atoms with Crippen LogP contribution in [0.1, 0.15) is 24.8 Å². The molecule has 0 radical (unpaired) electrons. The summed E-state index contributed by atoms with van der Waals surface area (Å²) in [5.74, 6) is -0.224. The van der Waals surface area contributed by atoms with E-state index in [-0.39, 0.29) is 18.6 Å². The number of amides is 1. The number of esters is 1. The van der Waals surface area contributed by atoms with Gasteiger partial charge in [0.25, 0.3) is 5.91 Å². The Bertz CT molecular complexity index is 716. The minimum absolute atomic E-state index is 0.152. The summed E-state index contributed by atoms with van der Waals surface area (Å²) in [5.41, 5.74) is 0.902. The molecule has 6 heteroatoms. The highest BCUT2D eigenvalue weighted by atomic mass is 32.1. The molecular weight excluding hydrogens is 312 g/mol. The number of benzene rings is 1. The van der Waals surface area contributed by atoms with Gasteiger partial charge in [-0.2, -0.15) is 0 Å². The van der Waals surface area contributed by atoms with Gasteiger partial charge in [-0.3, -0.25) is 4.79 Å². The van der Waals surface area contributed by atoms with Crippen LogP contribution in [0.25, 0.3) is 16.3 Å². The molecular formula is C17H18N2O3S. The van der Waals surface area contributed by atoms with Crippen molar-refractivity contribution < 1.29 is 14.3 Å². The molecule has 1 aromatic heterocycles. The summed E-state index contributed by atoms with van der Waals surface area (Å²) >= 11 is 1.50. The van der Waals surface area contributed by atoms with Gasteiger partial charge in [0.05, 0.1) is 10.2 Å². The third kappa shape index (κ3) is 4.39. The normalized spacial score (nSPS) is 15.7. The molecule has 1 fully saturated rings. The zero-order valence-electron chi connectivity index (χ0n) is 12.8. The maximum Gasteiger partial charge on any atom is 0.331 e. The highest BCUT2D eigenvalue weighted by Crippen LogP contribution is 2.32. The summed E-state index contributed by atoms with van der Waals surface area (Å²) in [6, 6.07) is 7.93. The third-order valence-corrected chi connectivity index (χ3v) is 4.74. The molecule has 23 heavy (non-hydrogen) atoms. The lowest BCUT2D eigenvalue weighted by Gasteiger charge is -2.12. The molecule has 0 unspecified atom stereocenters. The topological polar surface area (TPSA) is 68.3 Å². The van der Waals surface area contributed by atoms with Crippen molar-refractivity contribution >= 4 is 39.5 Å². The van der Waals surface area contributed by atoms with Crippen LogP contribution in [0.3, 0.4) is 0 Å². The minimum atomic E-state index is -0.543. The van der Waals surface area contributed by atoms with Crippen LogP contribution in [0, 0.1) is 5.92 Å². The average molecular weight is 330 g/mol. The van der Waals surface area contributed by atoms with Crippen LogP contribution in [0.4, 0.5) is 0 Å². The molecule has 0 aliphatic heterocycles. The number of aromatic nitrogens is 1. The zero-order valence-corrected chi connectivity index (χ0v) is 13.6. The van der Waals surface area contributed by atoms with Crippen LogP contribution in [0.15, 0.2) is 30.3 Å². The third-order valence-electron chi connectivity index (χ3n) is 3.74. The van der Waals surface area contributed by atoms with E-state index in [1.54, 1.807) is 6.08 Å². The number of hydrogen-bond donors (Lipinski definition) is 1. The summed E-state index contributed by atoms with van der Waals surface area (Å²) in [6.07, 6.45) is 5.23. The van der Waals surface area contributed by atoms with Gasteiger partial charge in [-0.1, -0.05) is 12.1 Å². The van der Waals surface area contributed by atoms with E-state index in [1.165, 1.54) is 17.4 Å². The maximum absolute atomic E-state index is 11.7. The predicted octanol–water partition coefficient (Wildman–Crippen LogP) is 2.77. The summed E-state index contributed by atoms with van der Waals surface area (Å²) in [5, 5.41) is 3.57. The van der Waals surface area contributed by atoms with Crippen molar-refractivity contribution in [2.75, 3.05) is 6.61 Å². The molecule has 1 aliphatic carbocycles. The van der Waals surface area contributed by atoms with Crippen molar-refractivity contribution in [2.45, 2.75) is 25.8 Å². The first-order valence-electron chi connectivity index (χ1n) is 7.61. The summed E-state index contributed by atoms with van der Waals surface area (Å²) in [7, 11) is 0. The van der Waals surface area contributed by atoms with E-state index >= 15 is 0 Å². The van der Waals surface area contributed by atoms with Crippen molar-refractivity contribution in [3.8, 4) is 0 Å². The number of hydrogen-bond acceptors (Lipinski definition) is 5. The van der Waals surface area contributed by atoms with Crippen LogP contribution in [-0.2, 0) is 14.3 Å². The first-order chi connectivity index (χ1) is 11.1. The lowest BCUT2D eigenvalue weighted by Crippen LogP contribution is -2.36. The van der Waals surface area contributed by atoms with Gasteiger partial charge in [0.15, 0.2) is 6.61 Å². The number of para-hydroxylation sites is 1. The highest BCUT2D eigenvalue weighted by molar-refractivity contribution is 7.19. The summed E-state index contributed by atoms with van der Waals surface area (Å²) < 4.78 is 6.00. The van der Waals surface area contributed by atoms with Gasteiger partial charge in [-0.05, 0) is 43.9 Å². The van der Waals surface area contributed by atoms with E-state index in [4.69, 9.17) is 4.74 Å². The van der Waals surface area contributed by atoms with Crippen molar-refractivity contribution in [1.82, 2.24) is 10.3 Å². The Morgan fingerprint density at radius 2 is 2.22 bits per heavy atom. The standard InChI is InChI=1S/C17H18N2O3S/c1-11(12-6-7-12)18-15(20)10-22-17(21)9-8-16-19-13-4-2-3-5-14(13)23-16/h2-5,8-9,11-12H,6-7,10H2,1H3,(H,18,20)/b9-8+/t11-/m1/s1. The Balaban J connectivity index is 1.47. The molecule has 0 bridgehead atoms. The molecule has 120 valence electrons. The van der Waals surface area contributed by atoms with Crippen molar-refractivity contribution in [2.24, 2.45) is 5.92 Å². The van der Waals surface area contributed by atoms with Gasteiger partial charge in [-0.25, -0.2) is 9.78 Å². The number of fused-ring (bicyclic) bond motifs is 1. The second kappa shape index (κ2) is 6.91. The monoisotopic (exact) mass is 330 g/mol. The van der Waals surface area contributed by atoms with Crippen LogP contribution >= 0.6 is 11.3 Å². The van der Waals surface area contributed by atoms with E-state index in [0.29, 0.717) is 5.92 Å². The second-order valence-electron chi connectivity index (χ2n) is 5.65. The number of nitrogens with one attached hydrogen (secondary N) is 1. The highest BCUT2D eigenvalue weighted by Gasteiger charge is 2.28. The van der Waals surface area contributed by atoms with Gasteiger partial charge in [0.2, 0.25) is 0 Å². The fourth-order valence-electron chi connectivity index (χ4n) is 2.30. The Morgan fingerprint density at radius 3 is 2.96 bits per heavy atom. The summed E-state index contributed by atoms with van der Waals surface area (Å²) in [4.78, 5) is 27.7. The van der Waals surface area contributed by atoms with Crippen LogP contribution in [0.2, 0.25) is 0 Å². The van der Waals surface area contributed by atoms with E-state index in [2.05, 4.69) is 10.3 Å². The zero-order chi connectivity index (χ0) is 16.2. The number of nitrogens with zero attached hydrogens (tertiary/aromatic N) is 1. The molecule has 2 aromatic rings. The van der Waals surface area contributed by atoms with Gasteiger partial charge < -0.3 is 10.1 Å². The van der Waals surface area contributed by atoms with Gasteiger partial charge in [-0.15, -0.1) is 11.3 Å². The molecule has 1 aliphatic rings. The Morgan fingerprint density at radius 1 is 1.43 bits per heavy atom.